The zero-order valence-electron chi connectivity index (χ0n) is 9.19. The molecular weight excluding hydrogens is 206 g/mol. The maximum absolute atomic E-state index is 11.8. The molecule has 1 rings (SSSR count). The Morgan fingerprint density at radius 1 is 1.44 bits per heavy atom. The molecule has 0 aromatic carbocycles. The Bertz CT molecular complexity index is 314. The molecule has 1 atom stereocenters. The summed E-state index contributed by atoms with van der Waals surface area (Å²) in [5.41, 5.74) is 10.8. The zero-order chi connectivity index (χ0) is 12.1. The number of nitrogens with zero attached hydrogens (tertiary/aromatic N) is 1. The number of carbonyl (C=O) groups excluding carboxylic acids is 2. The van der Waals surface area contributed by atoms with Crippen LogP contribution in [0.2, 0.25) is 0 Å². The van der Waals surface area contributed by atoms with E-state index in [0.717, 1.165) is 0 Å². The largest absolute Gasteiger partial charge is 0.369 e. The number of hydrogen-bond acceptors (Lipinski definition) is 3. The fraction of sp³-hybridized carbons (Fsp3) is 0.636. The topological polar surface area (TPSA) is 89.4 Å². The molecule has 88 valence electrons. The minimum Gasteiger partial charge on any atom is -0.369 e. The van der Waals surface area contributed by atoms with Gasteiger partial charge >= 0.3 is 0 Å². The average Bonchev–Trinajstić information content (AvgIpc) is 2.28. The fourth-order valence-corrected chi connectivity index (χ4v) is 1.83. The summed E-state index contributed by atoms with van der Waals surface area (Å²) >= 11 is 0. The third-order valence-electron chi connectivity index (χ3n) is 2.86. The van der Waals surface area contributed by atoms with Gasteiger partial charge in [-0.25, -0.2) is 0 Å². The van der Waals surface area contributed by atoms with Crippen LogP contribution in [0.5, 0.6) is 0 Å². The molecule has 1 heterocycles. The minimum atomic E-state index is -0.630. The van der Waals surface area contributed by atoms with Crippen LogP contribution in [0.15, 0.2) is 0 Å². The first-order chi connectivity index (χ1) is 7.56. The van der Waals surface area contributed by atoms with Gasteiger partial charge in [-0.3, -0.25) is 9.59 Å². The van der Waals surface area contributed by atoms with E-state index in [1.54, 1.807) is 4.90 Å². The summed E-state index contributed by atoms with van der Waals surface area (Å²) < 4.78 is 0. The van der Waals surface area contributed by atoms with Crippen molar-refractivity contribution in [3.63, 3.8) is 0 Å². The van der Waals surface area contributed by atoms with Crippen LogP contribution in [0.25, 0.3) is 0 Å². The van der Waals surface area contributed by atoms with Gasteiger partial charge in [0.25, 0.3) is 0 Å². The van der Waals surface area contributed by atoms with Crippen molar-refractivity contribution >= 4 is 11.8 Å². The first-order valence-corrected chi connectivity index (χ1v) is 5.33. The molecule has 0 spiro atoms. The molecule has 16 heavy (non-hydrogen) atoms. The minimum absolute atomic E-state index is 0.118. The molecule has 0 aliphatic carbocycles. The lowest BCUT2D eigenvalue weighted by atomic mass is 9.96. The lowest BCUT2D eigenvalue weighted by Crippen LogP contribution is -2.48. The Morgan fingerprint density at radius 2 is 2.00 bits per heavy atom. The van der Waals surface area contributed by atoms with Gasteiger partial charge in [0, 0.05) is 25.4 Å². The third kappa shape index (κ3) is 2.97. The Morgan fingerprint density at radius 3 is 2.44 bits per heavy atom. The van der Waals surface area contributed by atoms with Crippen LogP contribution in [0.3, 0.4) is 0 Å². The molecule has 0 aromatic heterocycles. The van der Waals surface area contributed by atoms with E-state index >= 15 is 0 Å². The second-order valence-electron chi connectivity index (χ2n) is 4.02. The van der Waals surface area contributed by atoms with Crippen molar-refractivity contribution in [1.29, 1.82) is 0 Å². The molecule has 5 heteroatoms. The fourth-order valence-electron chi connectivity index (χ4n) is 1.83. The second kappa shape index (κ2) is 5.52. The van der Waals surface area contributed by atoms with Crippen LogP contribution in [-0.4, -0.2) is 35.8 Å². The van der Waals surface area contributed by atoms with E-state index in [4.69, 9.17) is 17.9 Å². The van der Waals surface area contributed by atoms with Crippen LogP contribution in [0, 0.1) is 18.3 Å². The van der Waals surface area contributed by atoms with Crippen LogP contribution in [0.4, 0.5) is 0 Å². The summed E-state index contributed by atoms with van der Waals surface area (Å²) in [7, 11) is 0. The third-order valence-corrected chi connectivity index (χ3v) is 2.86. The molecule has 4 N–H and O–H groups in total. The lowest BCUT2D eigenvalue weighted by molar-refractivity contribution is -0.135. The zero-order valence-corrected chi connectivity index (χ0v) is 9.19. The predicted molar refractivity (Wildman–Crippen MR) is 59.9 cm³/mol. The Kier molecular flexibility index (Phi) is 4.32. The molecule has 0 saturated carbocycles. The van der Waals surface area contributed by atoms with Gasteiger partial charge in [-0.05, 0) is 12.8 Å². The molecule has 0 bridgehead atoms. The van der Waals surface area contributed by atoms with E-state index in [0.29, 0.717) is 25.9 Å². The molecule has 1 aliphatic rings. The number of primary amides is 1. The van der Waals surface area contributed by atoms with Crippen LogP contribution < -0.4 is 11.5 Å². The molecule has 5 nitrogen and oxygen atoms in total. The number of hydrogen-bond donors (Lipinski definition) is 2. The Balaban J connectivity index is 2.45. The Labute approximate surface area is 95.1 Å². The van der Waals surface area contributed by atoms with Crippen LogP contribution in [0.1, 0.15) is 19.3 Å². The highest BCUT2D eigenvalue weighted by Crippen LogP contribution is 2.17. The van der Waals surface area contributed by atoms with Crippen LogP contribution >= 0.6 is 0 Å². The van der Waals surface area contributed by atoms with Gasteiger partial charge in [-0.15, -0.1) is 12.3 Å². The first-order valence-electron chi connectivity index (χ1n) is 5.33. The van der Waals surface area contributed by atoms with Crippen LogP contribution in [-0.2, 0) is 9.59 Å². The van der Waals surface area contributed by atoms with Crippen molar-refractivity contribution in [1.82, 2.24) is 4.90 Å². The molecular formula is C11H17N3O2. The monoisotopic (exact) mass is 223 g/mol. The smallest absolute Gasteiger partial charge is 0.240 e. The van der Waals surface area contributed by atoms with E-state index in [2.05, 4.69) is 5.92 Å². The van der Waals surface area contributed by atoms with E-state index in [-0.39, 0.29) is 24.2 Å². The Hall–Kier alpha value is -1.54. The van der Waals surface area contributed by atoms with Crippen molar-refractivity contribution in [3.05, 3.63) is 0 Å². The number of nitrogens with two attached hydrogens (primary N) is 2. The summed E-state index contributed by atoms with van der Waals surface area (Å²) in [5, 5.41) is 0. The normalized spacial score (nSPS) is 18.9. The summed E-state index contributed by atoms with van der Waals surface area (Å²) in [5.74, 6) is 1.82. The van der Waals surface area contributed by atoms with Gasteiger partial charge in [-0.1, -0.05) is 0 Å². The van der Waals surface area contributed by atoms with E-state index < -0.39 is 6.04 Å². The highest BCUT2D eigenvalue weighted by Gasteiger charge is 2.27. The maximum Gasteiger partial charge on any atom is 0.240 e. The van der Waals surface area contributed by atoms with E-state index in [9.17, 15) is 9.59 Å². The second-order valence-corrected chi connectivity index (χ2v) is 4.02. The lowest BCUT2D eigenvalue weighted by Gasteiger charge is -2.31. The first kappa shape index (κ1) is 12.5. The van der Waals surface area contributed by atoms with Gasteiger partial charge < -0.3 is 16.4 Å². The number of piperidine rings is 1. The molecule has 2 amide bonds. The van der Waals surface area contributed by atoms with E-state index in [1.165, 1.54) is 0 Å². The van der Waals surface area contributed by atoms with Gasteiger partial charge in [0.15, 0.2) is 0 Å². The molecule has 0 radical (unpaired) electrons. The maximum atomic E-state index is 11.8. The highest BCUT2D eigenvalue weighted by atomic mass is 16.2. The average molecular weight is 223 g/mol. The number of amides is 2. The standard InChI is InChI=1S/C11H17N3O2/c1-2-3-9(12)11(16)14-6-4-8(5-7-14)10(13)15/h1,8-9H,3-7,12H2,(H2,13,15). The SMILES string of the molecule is C#CCC(N)C(=O)N1CCC(C(N)=O)CC1. The van der Waals surface area contributed by atoms with E-state index in [1.807, 2.05) is 0 Å². The van der Waals surface area contributed by atoms with Crippen molar-refractivity contribution in [3.8, 4) is 12.3 Å². The molecule has 1 fully saturated rings. The number of likely N-dealkylation sites (tertiary alicyclic amines) is 1. The van der Waals surface area contributed by atoms with Crippen molar-refractivity contribution in [2.75, 3.05) is 13.1 Å². The summed E-state index contributed by atoms with van der Waals surface area (Å²) in [6.07, 6.45) is 6.57. The summed E-state index contributed by atoms with van der Waals surface area (Å²) in [4.78, 5) is 24.3. The molecule has 1 saturated heterocycles. The predicted octanol–water partition coefficient (Wildman–Crippen LogP) is -0.939. The molecule has 1 unspecified atom stereocenters. The van der Waals surface area contributed by atoms with Crippen molar-refractivity contribution < 1.29 is 9.59 Å². The van der Waals surface area contributed by atoms with Gasteiger partial charge in [-0.2, -0.15) is 0 Å². The number of carbonyl (C=O) groups is 2. The van der Waals surface area contributed by atoms with Gasteiger partial charge in [0.05, 0.1) is 6.04 Å². The number of terminal acetylenes is 1. The summed E-state index contributed by atoms with van der Waals surface area (Å²) in [6.45, 7) is 1.06. The summed E-state index contributed by atoms with van der Waals surface area (Å²) in [6, 6.07) is -0.630. The molecule has 0 aromatic rings. The van der Waals surface area contributed by atoms with Gasteiger partial charge in [0.1, 0.15) is 0 Å². The van der Waals surface area contributed by atoms with Gasteiger partial charge in [0.2, 0.25) is 11.8 Å². The molecule has 1 aliphatic heterocycles. The quantitative estimate of drug-likeness (QED) is 0.605. The highest BCUT2D eigenvalue weighted by molar-refractivity contribution is 5.82. The van der Waals surface area contributed by atoms with Crippen molar-refractivity contribution in [2.45, 2.75) is 25.3 Å². The number of rotatable bonds is 3. The van der Waals surface area contributed by atoms with Crippen molar-refractivity contribution in [2.24, 2.45) is 17.4 Å².